The van der Waals surface area contributed by atoms with Crippen LogP contribution < -0.4 is 10.4 Å². The van der Waals surface area contributed by atoms with Crippen molar-refractivity contribution in [3.8, 4) is 0 Å². The van der Waals surface area contributed by atoms with Crippen LogP contribution >= 0.6 is 23.2 Å². The first-order chi connectivity index (χ1) is 8.52. The van der Waals surface area contributed by atoms with Crippen LogP contribution in [-0.4, -0.2) is 12.5 Å². The van der Waals surface area contributed by atoms with Crippen molar-refractivity contribution in [2.45, 2.75) is 13.5 Å². The van der Waals surface area contributed by atoms with Crippen LogP contribution in [0, 0.1) is 0 Å². The van der Waals surface area contributed by atoms with E-state index in [2.05, 4.69) is 10.1 Å². The zero-order valence-electron chi connectivity index (χ0n) is 9.70. The van der Waals surface area contributed by atoms with Crippen LogP contribution in [0.3, 0.4) is 0 Å². The maximum Gasteiger partial charge on any atom is 0.246 e. The molecule has 1 N–H and O–H groups in total. The molecule has 0 aliphatic rings. The summed E-state index contributed by atoms with van der Waals surface area (Å²) in [4.78, 5) is 11.4. The summed E-state index contributed by atoms with van der Waals surface area (Å²) in [5, 5.41) is 14.5. The number of rotatable bonds is 5. The largest absolute Gasteiger partial charge is 0.613 e. The molecular weight excluding hydrogens is 277 g/mol. The second-order valence-electron chi connectivity index (χ2n) is 3.35. The van der Waals surface area contributed by atoms with Gasteiger partial charge in [-0.15, -0.1) is 0 Å². The first-order valence-corrected chi connectivity index (χ1v) is 6.01. The van der Waals surface area contributed by atoms with Crippen molar-refractivity contribution in [1.82, 2.24) is 5.32 Å². The van der Waals surface area contributed by atoms with E-state index in [0.29, 0.717) is 15.6 Å². The Morgan fingerprint density at radius 3 is 2.89 bits per heavy atom. The molecule has 98 valence electrons. The predicted octanol–water partition coefficient (Wildman–Crippen LogP) is 1.85. The molecule has 1 aromatic rings. The van der Waals surface area contributed by atoms with Crippen molar-refractivity contribution < 1.29 is 14.6 Å². The van der Waals surface area contributed by atoms with Gasteiger partial charge < -0.3 is 15.2 Å². The molecule has 1 aromatic carbocycles. The smallest absolute Gasteiger partial charge is 0.246 e. The van der Waals surface area contributed by atoms with E-state index in [-0.39, 0.29) is 13.2 Å². The van der Waals surface area contributed by atoms with Crippen molar-refractivity contribution >= 4 is 29.1 Å². The standard InChI is InChI=1S/C12H13Cl2NO3/c1-2-18-12(17)6-11(16)15-7-8-5-9(13)3-4-10(8)14/h3-6,17H,2,7H2,1H3,(H,15,16)/p-1/b12-6+. The lowest BCUT2D eigenvalue weighted by molar-refractivity contribution is -0.356. The highest BCUT2D eigenvalue weighted by atomic mass is 35.5. The minimum absolute atomic E-state index is 0.189. The predicted molar refractivity (Wildman–Crippen MR) is 68.0 cm³/mol. The van der Waals surface area contributed by atoms with Gasteiger partial charge in [0.2, 0.25) is 5.91 Å². The van der Waals surface area contributed by atoms with Gasteiger partial charge in [-0.25, -0.2) is 0 Å². The fourth-order valence-electron chi connectivity index (χ4n) is 1.20. The van der Waals surface area contributed by atoms with Gasteiger partial charge in [0.05, 0.1) is 5.95 Å². The topological polar surface area (TPSA) is 61.4 Å². The van der Waals surface area contributed by atoms with E-state index in [0.717, 1.165) is 6.08 Å². The minimum Gasteiger partial charge on any atom is -0.613 e. The number of hydrogen-bond donors (Lipinski definition) is 1. The summed E-state index contributed by atoms with van der Waals surface area (Å²) in [5.74, 6) is -1.21. The fourth-order valence-corrected chi connectivity index (χ4v) is 1.58. The van der Waals surface area contributed by atoms with E-state index in [1.54, 1.807) is 25.1 Å². The maximum atomic E-state index is 11.4. The summed E-state index contributed by atoms with van der Waals surface area (Å²) >= 11 is 11.7. The van der Waals surface area contributed by atoms with Crippen molar-refractivity contribution in [3.05, 3.63) is 45.8 Å². The molecule has 0 aromatic heterocycles. The van der Waals surface area contributed by atoms with Crippen LogP contribution in [0.5, 0.6) is 0 Å². The molecule has 0 radical (unpaired) electrons. The number of ether oxygens (including phenoxy) is 1. The lowest BCUT2D eigenvalue weighted by Gasteiger charge is -2.12. The molecule has 18 heavy (non-hydrogen) atoms. The monoisotopic (exact) mass is 288 g/mol. The van der Waals surface area contributed by atoms with Crippen LogP contribution in [0.1, 0.15) is 12.5 Å². The Bertz CT molecular complexity index is 461. The van der Waals surface area contributed by atoms with Crippen LogP contribution in [0.15, 0.2) is 30.2 Å². The van der Waals surface area contributed by atoms with Gasteiger partial charge in [0.25, 0.3) is 0 Å². The highest BCUT2D eigenvalue weighted by Gasteiger charge is 2.03. The zero-order chi connectivity index (χ0) is 13.5. The molecule has 0 saturated heterocycles. The summed E-state index contributed by atoms with van der Waals surface area (Å²) in [6.45, 7) is 2.08. The number of carbonyl (C=O) groups is 1. The molecule has 0 spiro atoms. The normalized spacial score (nSPS) is 11.2. The summed E-state index contributed by atoms with van der Waals surface area (Å²) in [6.07, 6.45) is 0.849. The first-order valence-electron chi connectivity index (χ1n) is 5.26. The van der Waals surface area contributed by atoms with Gasteiger partial charge in [0.15, 0.2) is 0 Å². The average Bonchev–Trinajstić information content (AvgIpc) is 2.30. The Morgan fingerprint density at radius 2 is 2.22 bits per heavy atom. The molecule has 0 aliphatic carbocycles. The van der Waals surface area contributed by atoms with E-state index in [1.165, 1.54) is 0 Å². The van der Waals surface area contributed by atoms with Gasteiger partial charge in [-0.3, -0.25) is 4.79 Å². The summed E-state index contributed by atoms with van der Waals surface area (Å²) < 4.78 is 4.60. The third-order valence-electron chi connectivity index (χ3n) is 2.00. The highest BCUT2D eigenvalue weighted by Crippen LogP contribution is 2.20. The van der Waals surface area contributed by atoms with Gasteiger partial charge in [0, 0.05) is 22.7 Å². The minimum atomic E-state index is -0.674. The van der Waals surface area contributed by atoms with E-state index in [9.17, 15) is 9.90 Å². The third-order valence-corrected chi connectivity index (χ3v) is 2.60. The highest BCUT2D eigenvalue weighted by molar-refractivity contribution is 6.33. The maximum absolute atomic E-state index is 11.4. The number of carbonyl (C=O) groups excluding carboxylic acids is 1. The molecule has 0 fully saturated rings. The zero-order valence-corrected chi connectivity index (χ0v) is 11.2. The quantitative estimate of drug-likeness (QED) is 0.664. The second-order valence-corrected chi connectivity index (χ2v) is 4.19. The summed E-state index contributed by atoms with van der Waals surface area (Å²) in [6, 6.07) is 4.94. The molecule has 0 atom stereocenters. The van der Waals surface area contributed by atoms with Crippen LogP contribution in [0.2, 0.25) is 10.0 Å². The number of halogens is 2. The molecule has 1 rings (SSSR count). The number of amides is 1. The first kappa shape index (κ1) is 14.7. The lowest BCUT2D eigenvalue weighted by Crippen LogP contribution is -2.23. The van der Waals surface area contributed by atoms with Crippen LogP contribution in [-0.2, 0) is 16.1 Å². The Hall–Kier alpha value is -1.39. The van der Waals surface area contributed by atoms with Gasteiger partial charge in [-0.2, -0.15) is 0 Å². The van der Waals surface area contributed by atoms with Gasteiger partial charge in [-0.1, -0.05) is 30.1 Å². The number of nitrogens with one attached hydrogen (secondary N) is 1. The SMILES string of the molecule is CCO/C([O-])=C/C(=O)NCc1cc(Cl)ccc1Cl. The molecule has 0 unspecified atom stereocenters. The molecular formula is C12H12Cl2NO3-. The van der Waals surface area contributed by atoms with Crippen molar-refractivity contribution in [3.63, 3.8) is 0 Å². The second kappa shape index (κ2) is 7.13. The molecule has 0 heterocycles. The Labute approximate surface area is 115 Å². The molecule has 6 heteroatoms. The number of hydrogen-bond acceptors (Lipinski definition) is 3. The van der Waals surface area contributed by atoms with Gasteiger partial charge in [0.1, 0.15) is 0 Å². The van der Waals surface area contributed by atoms with Crippen LogP contribution in [0.4, 0.5) is 0 Å². The third kappa shape index (κ3) is 4.85. The van der Waals surface area contributed by atoms with Crippen molar-refractivity contribution in [1.29, 1.82) is 0 Å². The molecule has 0 aliphatic heterocycles. The fraction of sp³-hybridized carbons (Fsp3) is 0.250. The van der Waals surface area contributed by atoms with E-state index in [1.807, 2.05) is 0 Å². The van der Waals surface area contributed by atoms with E-state index < -0.39 is 11.9 Å². The van der Waals surface area contributed by atoms with Crippen LogP contribution in [0.25, 0.3) is 0 Å². The van der Waals surface area contributed by atoms with Gasteiger partial charge in [-0.05, 0) is 30.4 Å². The molecule has 1 amide bonds. The molecule has 4 nitrogen and oxygen atoms in total. The number of benzene rings is 1. The van der Waals surface area contributed by atoms with Gasteiger partial charge >= 0.3 is 0 Å². The average molecular weight is 289 g/mol. The van der Waals surface area contributed by atoms with E-state index in [4.69, 9.17) is 23.2 Å². The molecule has 0 saturated carbocycles. The lowest BCUT2D eigenvalue weighted by atomic mass is 10.2. The van der Waals surface area contributed by atoms with Crippen molar-refractivity contribution in [2.75, 3.05) is 6.61 Å². The Morgan fingerprint density at radius 1 is 1.50 bits per heavy atom. The Balaban J connectivity index is 2.57. The van der Waals surface area contributed by atoms with Crippen molar-refractivity contribution in [2.24, 2.45) is 0 Å². The summed E-state index contributed by atoms with van der Waals surface area (Å²) in [5.41, 5.74) is 0.676. The Kier molecular flexibility index (Phi) is 5.82. The summed E-state index contributed by atoms with van der Waals surface area (Å²) in [7, 11) is 0. The molecule has 0 bridgehead atoms. The van der Waals surface area contributed by atoms with E-state index >= 15 is 0 Å².